The molecule has 4 rings (SSSR count). The molecule has 0 saturated carbocycles. The summed E-state index contributed by atoms with van der Waals surface area (Å²) in [5.74, 6) is -0.459. The van der Waals surface area contributed by atoms with E-state index < -0.39 is 23.0 Å². The number of nitrogens with zero attached hydrogens (tertiary/aromatic N) is 4. The number of phenols is 1. The Hall–Kier alpha value is -6.22. The number of hydrogen-bond donors (Lipinski definition) is 5. The maximum Gasteiger partial charge on any atom is 0.259 e. The summed E-state index contributed by atoms with van der Waals surface area (Å²) in [6, 6.07) is 26.3. The molecular formula is C39H39BrN6O6. The molecule has 0 bridgehead atoms. The van der Waals surface area contributed by atoms with Crippen LogP contribution in [0.15, 0.2) is 84.9 Å². The maximum absolute atomic E-state index is 12.3. The predicted molar refractivity (Wildman–Crippen MR) is 203 cm³/mol. The lowest BCUT2D eigenvalue weighted by Gasteiger charge is -2.22. The van der Waals surface area contributed by atoms with E-state index in [1.54, 1.807) is 86.6 Å². The van der Waals surface area contributed by atoms with Crippen LogP contribution in [0.3, 0.4) is 0 Å². The number of carbonyl (C=O) groups is 2. The maximum atomic E-state index is 12.3. The van der Waals surface area contributed by atoms with Crippen LogP contribution in [0, 0.1) is 49.7 Å². The van der Waals surface area contributed by atoms with Gasteiger partial charge in [0.15, 0.2) is 17.0 Å². The van der Waals surface area contributed by atoms with Crippen molar-refractivity contribution in [1.29, 1.82) is 10.5 Å². The first-order valence-corrected chi connectivity index (χ1v) is 16.1. The Morgan fingerprint density at radius 3 is 1.54 bits per heavy atom. The van der Waals surface area contributed by atoms with E-state index >= 15 is 0 Å². The highest BCUT2D eigenvalue weighted by Gasteiger charge is 2.32. The summed E-state index contributed by atoms with van der Waals surface area (Å²) >= 11 is 3.07. The number of carbonyl (C=O) groups excluding carboxylic acids is 2. The third-order valence-electron chi connectivity index (χ3n) is 6.89. The van der Waals surface area contributed by atoms with Crippen molar-refractivity contribution in [3.63, 3.8) is 0 Å². The first-order valence-electron chi connectivity index (χ1n) is 15.0. The van der Waals surface area contributed by atoms with Gasteiger partial charge >= 0.3 is 0 Å². The second kappa shape index (κ2) is 20.5. The smallest absolute Gasteiger partial charge is 0.259 e. The average Bonchev–Trinajstić information content (AvgIpc) is 3.12. The Balaban J connectivity index is 0.000000431. The van der Waals surface area contributed by atoms with Gasteiger partial charge in [-0.15, -0.1) is 0 Å². The van der Waals surface area contributed by atoms with E-state index in [0.717, 1.165) is 11.1 Å². The van der Waals surface area contributed by atoms with Crippen LogP contribution in [0.5, 0.6) is 11.5 Å². The Morgan fingerprint density at radius 1 is 0.769 bits per heavy atom. The minimum Gasteiger partial charge on any atom is -0.508 e. The van der Waals surface area contributed by atoms with Gasteiger partial charge in [0.1, 0.15) is 23.7 Å². The van der Waals surface area contributed by atoms with E-state index in [4.69, 9.17) is 33.5 Å². The van der Waals surface area contributed by atoms with Crippen LogP contribution in [0.2, 0.25) is 0 Å². The molecule has 13 heteroatoms. The second-order valence-corrected chi connectivity index (χ2v) is 12.0. The molecule has 4 aromatic carbocycles. The van der Waals surface area contributed by atoms with Gasteiger partial charge in [-0.05, 0) is 112 Å². The zero-order valence-electron chi connectivity index (χ0n) is 28.2. The fourth-order valence-electron chi connectivity index (χ4n) is 3.76. The van der Waals surface area contributed by atoms with Crippen molar-refractivity contribution in [2.75, 3.05) is 22.6 Å². The van der Waals surface area contributed by atoms with Gasteiger partial charge in [-0.25, -0.2) is 9.69 Å². The number of hydrogen-bond acceptors (Lipinski definition) is 8. The highest BCUT2D eigenvalue weighted by atomic mass is 79.9. The number of ether oxygens (including phenoxy) is 1. The third-order valence-corrected chi connectivity index (χ3v) is 7.98. The molecule has 0 saturated heterocycles. The number of halogens is 1. The monoisotopic (exact) mass is 766 g/mol. The summed E-state index contributed by atoms with van der Waals surface area (Å²) in [6.07, 6.45) is 0. The van der Waals surface area contributed by atoms with Crippen molar-refractivity contribution in [2.45, 2.75) is 46.3 Å². The van der Waals surface area contributed by atoms with Gasteiger partial charge in [0.2, 0.25) is 0 Å². The molecule has 0 spiro atoms. The lowest BCUT2D eigenvalue weighted by atomic mass is 10.1. The van der Waals surface area contributed by atoms with Crippen molar-refractivity contribution < 1.29 is 29.6 Å². The topological polar surface area (TPSA) is 184 Å². The Labute approximate surface area is 312 Å². The summed E-state index contributed by atoms with van der Waals surface area (Å²) in [5, 5.41) is 51.2. The summed E-state index contributed by atoms with van der Waals surface area (Å²) in [5.41, 5.74) is 1.51. The number of aromatic hydroxyl groups is 1. The van der Waals surface area contributed by atoms with E-state index in [2.05, 4.69) is 36.3 Å². The van der Waals surface area contributed by atoms with Gasteiger partial charge < -0.3 is 30.7 Å². The molecule has 0 fully saturated rings. The van der Waals surface area contributed by atoms with Gasteiger partial charge in [-0.2, -0.15) is 10.5 Å². The molecule has 0 aliphatic heterocycles. The molecule has 0 unspecified atom stereocenters. The Morgan fingerprint density at radius 2 is 1.17 bits per heavy atom. The number of aliphatic hydroxyl groups is 2. The van der Waals surface area contributed by atoms with E-state index in [1.165, 1.54) is 26.0 Å². The van der Waals surface area contributed by atoms with Crippen molar-refractivity contribution in [3.8, 4) is 23.6 Å². The number of nitrogens with one attached hydrogen (secondary N) is 2. The van der Waals surface area contributed by atoms with Crippen LogP contribution in [-0.2, 0) is 9.59 Å². The lowest BCUT2D eigenvalue weighted by molar-refractivity contribution is -0.135. The Kier molecular flexibility index (Phi) is 17.2. The fourth-order valence-corrected chi connectivity index (χ4v) is 4.02. The molecule has 0 aliphatic rings. The quantitative estimate of drug-likeness (QED) is 0.0892. The minimum absolute atomic E-state index is 0. The zero-order chi connectivity index (χ0) is 38.2. The first-order chi connectivity index (χ1) is 24.1. The van der Waals surface area contributed by atoms with E-state index in [0.29, 0.717) is 39.6 Å². The van der Waals surface area contributed by atoms with E-state index in [-0.39, 0.29) is 25.1 Å². The van der Waals surface area contributed by atoms with Crippen LogP contribution < -0.4 is 15.4 Å². The lowest BCUT2D eigenvalue weighted by Crippen LogP contribution is -2.45. The van der Waals surface area contributed by atoms with Crippen LogP contribution in [0.4, 0.5) is 22.7 Å². The number of aryl methyl sites for hydroxylation is 2. The van der Waals surface area contributed by atoms with E-state index in [1.807, 2.05) is 12.1 Å². The number of phenolic OH excluding ortho intramolecular Hbond substituents is 1. The van der Waals surface area contributed by atoms with Crippen molar-refractivity contribution in [1.82, 2.24) is 0 Å². The molecule has 2 amide bonds. The molecule has 5 N–H and O–H groups in total. The predicted octanol–water partition coefficient (Wildman–Crippen LogP) is 7.72. The number of benzene rings is 4. The fraction of sp³-hybridized carbons (Fsp3) is 0.231. The number of nitriles is 2. The van der Waals surface area contributed by atoms with Crippen LogP contribution >= 0.6 is 15.9 Å². The van der Waals surface area contributed by atoms with Gasteiger partial charge in [0.25, 0.3) is 11.8 Å². The molecule has 268 valence electrons. The SMILES string of the molecule is C.N#Cc1ccc(O)cc1.[C-]#[N+]c1ccc(NC(=O)[C@@](C)(O)CBr)cc1C.[C-]#[N+]c1ccc(NC(=O)[C@@](C)(O)COc2ccc(C#N)cc2)cc1C. The van der Waals surface area contributed by atoms with Gasteiger partial charge in [-0.3, -0.25) is 9.59 Å². The standard InChI is InChI=1S/C19H17N3O3.C12H13BrN2O2.C7H5NO.CH4/c1-13-10-15(6-9-17(13)21-3)22-18(23)19(2,24)12-25-16-7-4-14(11-20)5-8-16;1-8-6-9(4-5-10(8)14-3)15-11(16)12(2,17)7-13;8-5-6-1-3-7(9)4-2-6;/h4-10,24H,12H2,1-2H3,(H,22,23);4-6,17H,7H2,1-2H3,(H,15,16);1-4,9H;1H4/t19-;12-;;/m00../s1. The average molecular weight is 768 g/mol. The molecule has 0 aliphatic carbocycles. The van der Waals surface area contributed by atoms with Gasteiger partial charge in [0, 0.05) is 16.7 Å². The Bertz CT molecular complexity index is 2000. The second-order valence-electron chi connectivity index (χ2n) is 11.4. The van der Waals surface area contributed by atoms with Gasteiger partial charge in [0.05, 0.1) is 36.4 Å². The number of anilines is 2. The summed E-state index contributed by atoms with van der Waals surface area (Å²) in [4.78, 5) is 30.7. The van der Waals surface area contributed by atoms with Crippen LogP contribution in [0.1, 0.15) is 43.5 Å². The molecule has 0 aromatic heterocycles. The minimum atomic E-state index is -1.75. The molecule has 52 heavy (non-hydrogen) atoms. The zero-order valence-corrected chi connectivity index (χ0v) is 29.8. The number of rotatable bonds is 8. The van der Waals surface area contributed by atoms with E-state index in [9.17, 15) is 19.8 Å². The van der Waals surface area contributed by atoms with Gasteiger partial charge in [-0.1, -0.05) is 35.5 Å². The highest BCUT2D eigenvalue weighted by molar-refractivity contribution is 9.09. The third kappa shape index (κ3) is 13.6. The van der Waals surface area contributed by atoms with Crippen molar-refractivity contribution >= 4 is 50.5 Å². The van der Waals surface area contributed by atoms with Crippen LogP contribution in [0.25, 0.3) is 9.69 Å². The molecule has 4 aromatic rings. The molecule has 0 heterocycles. The largest absolute Gasteiger partial charge is 0.508 e. The first kappa shape index (κ1) is 43.8. The molecule has 12 nitrogen and oxygen atoms in total. The molecule has 0 radical (unpaired) electrons. The molecular weight excluding hydrogens is 728 g/mol. The normalized spacial score (nSPS) is 11.8. The number of alkyl halides is 1. The van der Waals surface area contributed by atoms with Crippen LogP contribution in [-0.4, -0.2) is 50.3 Å². The van der Waals surface area contributed by atoms with Crippen molar-refractivity contribution in [2.24, 2.45) is 0 Å². The molecule has 2 atom stereocenters. The van der Waals surface area contributed by atoms with Crippen molar-refractivity contribution in [3.05, 3.63) is 130 Å². The summed E-state index contributed by atoms with van der Waals surface area (Å²) in [7, 11) is 0. The summed E-state index contributed by atoms with van der Waals surface area (Å²) < 4.78 is 5.43. The highest BCUT2D eigenvalue weighted by Crippen LogP contribution is 2.24. The number of amides is 2. The summed E-state index contributed by atoms with van der Waals surface area (Å²) in [6.45, 7) is 20.0.